The lowest BCUT2D eigenvalue weighted by Crippen LogP contribution is -2.24. The summed E-state index contributed by atoms with van der Waals surface area (Å²) in [5, 5.41) is 19.9. The van der Waals surface area contributed by atoms with Crippen LogP contribution in [0.1, 0.15) is 5.56 Å². The van der Waals surface area contributed by atoms with E-state index >= 15 is 0 Å². The molecule has 0 aliphatic rings. The highest BCUT2D eigenvalue weighted by molar-refractivity contribution is 5.84. The highest BCUT2D eigenvalue weighted by Gasteiger charge is 2.17. The lowest BCUT2D eigenvalue weighted by atomic mass is 10.1. The van der Waals surface area contributed by atoms with E-state index in [9.17, 15) is 9.90 Å². The monoisotopic (exact) mass is 282 g/mol. The van der Waals surface area contributed by atoms with Gasteiger partial charge in [0.05, 0.1) is 16.6 Å². The normalized spacial score (nSPS) is 10.9. The fourth-order valence-electron chi connectivity index (χ4n) is 2.41. The second kappa shape index (κ2) is 5.38. The van der Waals surface area contributed by atoms with Crippen molar-refractivity contribution in [2.45, 2.75) is 6.42 Å². The Balaban J connectivity index is 2.45. The van der Waals surface area contributed by atoms with E-state index in [4.69, 9.17) is 5.11 Å². The largest absolute Gasteiger partial charge is 0.507 e. The van der Waals surface area contributed by atoms with Crippen molar-refractivity contribution in [3.8, 4) is 11.4 Å². The molecule has 3 rings (SSSR count). The molecule has 5 heteroatoms. The number of rotatable bonds is 3. The first-order valence-electron chi connectivity index (χ1n) is 6.62. The quantitative estimate of drug-likeness (QED) is 0.765. The molecule has 1 aromatic carbocycles. The van der Waals surface area contributed by atoms with Crippen molar-refractivity contribution in [2.24, 2.45) is 0 Å². The lowest BCUT2D eigenvalue weighted by Gasteiger charge is -2.13. The zero-order chi connectivity index (χ0) is 14.8. The molecule has 5 nitrogen and oxygen atoms in total. The molecular weight excluding hydrogens is 268 g/mol. The Labute approximate surface area is 120 Å². The number of aromatic hydroxyl groups is 1. The predicted molar refractivity (Wildman–Crippen MR) is 79.8 cm³/mol. The van der Waals surface area contributed by atoms with Crippen molar-refractivity contribution >= 4 is 11.0 Å². The van der Waals surface area contributed by atoms with Gasteiger partial charge in [0.2, 0.25) is 0 Å². The number of para-hydroxylation sites is 1. The molecule has 0 saturated carbocycles. The maximum Gasteiger partial charge on any atom is 0.263 e. The maximum absolute atomic E-state index is 12.6. The summed E-state index contributed by atoms with van der Waals surface area (Å²) in [7, 11) is 0. The van der Waals surface area contributed by atoms with E-state index in [2.05, 4.69) is 4.98 Å². The first-order chi connectivity index (χ1) is 10.2. The van der Waals surface area contributed by atoms with Crippen LogP contribution in [-0.4, -0.2) is 26.4 Å². The molecule has 0 amide bonds. The van der Waals surface area contributed by atoms with Crippen molar-refractivity contribution in [1.82, 2.24) is 9.55 Å². The maximum atomic E-state index is 12.6. The van der Waals surface area contributed by atoms with Gasteiger partial charge in [0.1, 0.15) is 5.75 Å². The summed E-state index contributed by atoms with van der Waals surface area (Å²) in [5.41, 5.74) is 0.902. The van der Waals surface area contributed by atoms with Crippen LogP contribution in [0.4, 0.5) is 0 Å². The summed E-state index contributed by atoms with van der Waals surface area (Å²) in [4.78, 5) is 16.9. The van der Waals surface area contributed by atoms with E-state index in [1.54, 1.807) is 30.5 Å². The summed E-state index contributed by atoms with van der Waals surface area (Å²) >= 11 is 0. The SMILES string of the molecule is O=c1c(CCO)c(O)c2cccnc2n1-c1ccccc1. The topological polar surface area (TPSA) is 75.3 Å². The number of aromatic nitrogens is 2. The molecule has 0 spiro atoms. The molecule has 3 aromatic rings. The predicted octanol–water partition coefficient (Wildman–Crippen LogP) is 1.63. The van der Waals surface area contributed by atoms with Crippen LogP contribution >= 0.6 is 0 Å². The third-order valence-corrected chi connectivity index (χ3v) is 3.38. The van der Waals surface area contributed by atoms with E-state index < -0.39 is 0 Å². The third kappa shape index (κ3) is 2.17. The van der Waals surface area contributed by atoms with Crippen LogP contribution < -0.4 is 5.56 Å². The van der Waals surface area contributed by atoms with Crippen LogP contribution in [0.25, 0.3) is 16.7 Å². The Bertz CT molecular complexity index is 841. The average molecular weight is 282 g/mol. The first-order valence-corrected chi connectivity index (χ1v) is 6.62. The molecule has 2 N–H and O–H groups in total. The molecule has 0 unspecified atom stereocenters. The highest BCUT2D eigenvalue weighted by Crippen LogP contribution is 2.26. The van der Waals surface area contributed by atoms with Crippen molar-refractivity contribution in [3.05, 3.63) is 64.6 Å². The summed E-state index contributed by atoms with van der Waals surface area (Å²) < 4.78 is 1.46. The number of nitrogens with zero attached hydrogens (tertiary/aromatic N) is 2. The van der Waals surface area contributed by atoms with E-state index in [0.29, 0.717) is 16.7 Å². The fourth-order valence-corrected chi connectivity index (χ4v) is 2.41. The van der Waals surface area contributed by atoms with Gasteiger partial charge in [0.25, 0.3) is 5.56 Å². The molecule has 0 fully saturated rings. The number of benzene rings is 1. The summed E-state index contributed by atoms with van der Waals surface area (Å²) in [6.45, 7) is -0.205. The standard InChI is InChI=1S/C16H14N2O3/c19-10-8-13-14(20)12-7-4-9-17-15(12)18(16(13)21)11-5-2-1-3-6-11/h1-7,9,19-20H,8,10H2. The number of aliphatic hydroxyl groups excluding tert-OH is 1. The van der Waals surface area contributed by atoms with Crippen LogP contribution in [0.5, 0.6) is 5.75 Å². The van der Waals surface area contributed by atoms with Crippen molar-refractivity contribution in [2.75, 3.05) is 6.61 Å². The smallest absolute Gasteiger partial charge is 0.263 e. The Morgan fingerprint density at radius 2 is 1.86 bits per heavy atom. The van der Waals surface area contributed by atoms with E-state index in [1.165, 1.54) is 4.57 Å². The second-order valence-corrected chi connectivity index (χ2v) is 4.65. The van der Waals surface area contributed by atoms with Gasteiger partial charge in [-0.2, -0.15) is 0 Å². The second-order valence-electron chi connectivity index (χ2n) is 4.65. The summed E-state index contributed by atoms with van der Waals surface area (Å²) in [6.07, 6.45) is 1.68. The zero-order valence-electron chi connectivity index (χ0n) is 11.2. The molecule has 0 aliphatic heterocycles. The van der Waals surface area contributed by atoms with Crippen molar-refractivity contribution in [1.29, 1.82) is 0 Å². The van der Waals surface area contributed by atoms with Crippen molar-refractivity contribution in [3.63, 3.8) is 0 Å². The minimum atomic E-state index is -0.362. The number of pyridine rings is 2. The molecule has 2 heterocycles. The Morgan fingerprint density at radius 3 is 2.57 bits per heavy atom. The van der Waals surface area contributed by atoms with E-state index in [1.807, 2.05) is 18.2 Å². The fraction of sp³-hybridized carbons (Fsp3) is 0.125. The number of aliphatic hydroxyl groups is 1. The lowest BCUT2D eigenvalue weighted by molar-refractivity contribution is 0.297. The van der Waals surface area contributed by atoms with Crippen LogP contribution in [0, 0.1) is 0 Å². The zero-order valence-corrected chi connectivity index (χ0v) is 11.2. The van der Waals surface area contributed by atoms with Gasteiger partial charge in [0.15, 0.2) is 5.65 Å². The molecule has 21 heavy (non-hydrogen) atoms. The molecule has 0 aliphatic carbocycles. The Morgan fingerprint density at radius 1 is 1.10 bits per heavy atom. The van der Waals surface area contributed by atoms with Gasteiger partial charge >= 0.3 is 0 Å². The van der Waals surface area contributed by atoms with E-state index in [-0.39, 0.29) is 29.9 Å². The Hall–Kier alpha value is -2.66. The van der Waals surface area contributed by atoms with Gasteiger partial charge in [0, 0.05) is 19.2 Å². The van der Waals surface area contributed by atoms with Gasteiger partial charge in [-0.3, -0.25) is 9.36 Å². The first kappa shape index (κ1) is 13.3. The number of hydrogen-bond acceptors (Lipinski definition) is 4. The van der Waals surface area contributed by atoms with Gasteiger partial charge in [-0.25, -0.2) is 4.98 Å². The molecular formula is C16H14N2O3. The minimum Gasteiger partial charge on any atom is -0.507 e. The number of hydrogen-bond donors (Lipinski definition) is 2. The van der Waals surface area contributed by atoms with Crippen LogP contribution in [0.15, 0.2) is 53.5 Å². The molecule has 0 bridgehead atoms. The highest BCUT2D eigenvalue weighted by atomic mass is 16.3. The van der Waals surface area contributed by atoms with Crippen molar-refractivity contribution < 1.29 is 10.2 Å². The molecule has 0 saturated heterocycles. The molecule has 0 atom stereocenters. The summed E-state index contributed by atoms with van der Waals surface area (Å²) in [5.74, 6) is -0.107. The van der Waals surface area contributed by atoms with Gasteiger partial charge in [-0.1, -0.05) is 18.2 Å². The van der Waals surface area contributed by atoms with E-state index in [0.717, 1.165) is 0 Å². The minimum absolute atomic E-state index is 0.0995. The summed E-state index contributed by atoms with van der Waals surface area (Å²) in [6, 6.07) is 12.5. The van der Waals surface area contributed by atoms with Gasteiger partial charge in [-0.15, -0.1) is 0 Å². The third-order valence-electron chi connectivity index (χ3n) is 3.38. The van der Waals surface area contributed by atoms with Crippen LogP contribution in [0.3, 0.4) is 0 Å². The molecule has 106 valence electrons. The number of fused-ring (bicyclic) bond motifs is 1. The van der Waals surface area contributed by atoms with Crippen LogP contribution in [0.2, 0.25) is 0 Å². The average Bonchev–Trinajstić information content (AvgIpc) is 2.53. The van der Waals surface area contributed by atoms with Gasteiger partial charge in [-0.05, 0) is 24.3 Å². The molecule has 2 aromatic heterocycles. The molecule has 0 radical (unpaired) electrons. The van der Waals surface area contributed by atoms with Crippen LogP contribution in [-0.2, 0) is 6.42 Å². The van der Waals surface area contributed by atoms with Gasteiger partial charge < -0.3 is 10.2 Å². The Kier molecular flexibility index (Phi) is 3.41.